The maximum Gasteiger partial charge on any atom is 0.277 e. The van der Waals surface area contributed by atoms with Gasteiger partial charge in [0.15, 0.2) is 0 Å². The van der Waals surface area contributed by atoms with Crippen molar-refractivity contribution in [3.63, 3.8) is 0 Å². The Labute approximate surface area is 169 Å². The SMILES string of the molecule is COc1ccc(OC)c(NC(=O)CSc2nnc(-c3ccc([N+](=O)[O-])cc3)o2)c1. The van der Waals surface area contributed by atoms with Gasteiger partial charge in [-0.15, -0.1) is 10.2 Å². The number of ether oxygens (including phenoxy) is 2. The maximum absolute atomic E-state index is 12.2. The predicted octanol–water partition coefficient (Wildman–Crippen LogP) is 3.39. The highest BCUT2D eigenvalue weighted by molar-refractivity contribution is 7.99. The Balaban J connectivity index is 1.61. The number of aromatic nitrogens is 2. The van der Waals surface area contributed by atoms with Crippen molar-refractivity contribution in [2.45, 2.75) is 5.22 Å². The van der Waals surface area contributed by atoms with Gasteiger partial charge in [-0.2, -0.15) is 0 Å². The molecule has 1 N–H and O–H groups in total. The summed E-state index contributed by atoms with van der Waals surface area (Å²) >= 11 is 1.06. The zero-order chi connectivity index (χ0) is 20.8. The number of benzene rings is 2. The molecule has 0 saturated heterocycles. The average molecular weight is 416 g/mol. The average Bonchev–Trinajstić information content (AvgIpc) is 3.21. The van der Waals surface area contributed by atoms with Crippen LogP contribution in [0.2, 0.25) is 0 Å². The van der Waals surface area contributed by atoms with E-state index in [0.717, 1.165) is 11.8 Å². The highest BCUT2D eigenvalue weighted by atomic mass is 32.2. The first-order chi connectivity index (χ1) is 14.0. The normalized spacial score (nSPS) is 10.4. The van der Waals surface area contributed by atoms with E-state index < -0.39 is 4.92 Å². The number of anilines is 1. The first-order valence-corrected chi connectivity index (χ1v) is 9.21. The van der Waals surface area contributed by atoms with Crippen LogP contribution in [0, 0.1) is 10.1 Å². The number of rotatable bonds is 8. The molecule has 11 heteroatoms. The minimum atomic E-state index is -0.491. The van der Waals surface area contributed by atoms with Gasteiger partial charge >= 0.3 is 0 Å². The summed E-state index contributed by atoms with van der Waals surface area (Å²) in [6.07, 6.45) is 0. The molecule has 29 heavy (non-hydrogen) atoms. The van der Waals surface area contributed by atoms with Crippen LogP contribution in [0.4, 0.5) is 11.4 Å². The molecule has 1 aromatic heterocycles. The fourth-order valence-electron chi connectivity index (χ4n) is 2.34. The molecule has 3 rings (SSSR count). The smallest absolute Gasteiger partial charge is 0.277 e. The van der Waals surface area contributed by atoms with Gasteiger partial charge in [-0.05, 0) is 24.3 Å². The summed E-state index contributed by atoms with van der Waals surface area (Å²) < 4.78 is 15.9. The standard InChI is InChI=1S/C18H16N4O6S/c1-26-13-7-8-15(27-2)14(9-13)19-16(23)10-29-18-21-20-17(28-18)11-3-5-12(6-4-11)22(24)25/h3-9H,10H2,1-2H3,(H,19,23). The zero-order valence-corrected chi connectivity index (χ0v) is 16.3. The van der Waals surface area contributed by atoms with Gasteiger partial charge in [-0.25, -0.2) is 0 Å². The van der Waals surface area contributed by atoms with Gasteiger partial charge in [0.25, 0.3) is 10.9 Å². The van der Waals surface area contributed by atoms with Crippen molar-refractivity contribution in [1.82, 2.24) is 10.2 Å². The van der Waals surface area contributed by atoms with E-state index in [2.05, 4.69) is 15.5 Å². The van der Waals surface area contributed by atoms with Crippen LogP contribution in [-0.2, 0) is 4.79 Å². The van der Waals surface area contributed by atoms with Crippen molar-refractivity contribution in [2.75, 3.05) is 25.3 Å². The van der Waals surface area contributed by atoms with Crippen LogP contribution in [0.5, 0.6) is 11.5 Å². The molecule has 0 aliphatic rings. The van der Waals surface area contributed by atoms with Crippen molar-refractivity contribution < 1.29 is 23.6 Å². The molecule has 1 amide bonds. The van der Waals surface area contributed by atoms with Crippen LogP contribution in [0.25, 0.3) is 11.5 Å². The Kier molecular flexibility index (Phi) is 6.29. The Bertz CT molecular complexity index is 1020. The first kappa shape index (κ1) is 20.1. The molecule has 0 unspecified atom stereocenters. The van der Waals surface area contributed by atoms with Crippen molar-refractivity contribution in [1.29, 1.82) is 0 Å². The van der Waals surface area contributed by atoms with E-state index in [0.29, 0.717) is 22.7 Å². The minimum Gasteiger partial charge on any atom is -0.497 e. The molecule has 0 atom stereocenters. The molecule has 0 aliphatic carbocycles. The van der Waals surface area contributed by atoms with Crippen LogP contribution < -0.4 is 14.8 Å². The van der Waals surface area contributed by atoms with Crippen LogP contribution in [0.1, 0.15) is 0 Å². The molecule has 150 valence electrons. The topological polar surface area (TPSA) is 130 Å². The summed E-state index contributed by atoms with van der Waals surface area (Å²) in [6, 6.07) is 10.8. The molecule has 0 spiro atoms. The third-order valence-corrected chi connectivity index (χ3v) is 4.56. The Hall–Kier alpha value is -3.60. The van der Waals surface area contributed by atoms with Gasteiger partial charge in [0, 0.05) is 23.8 Å². The summed E-state index contributed by atoms with van der Waals surface area (Å²) in [5, 5.41) is 21.4. The zero-order valence-electron chi connectivity index (χ0n) is 15.4. The first-order valence-electron chi connectivity index (χ1n) is 8.23. The van der Waals surface area contributed by atoms with Crippen LogP contribution >= 0.6 is 11.8 Å². The summed E-state index contributed by atoms with van der Waals surface area (Å²) in [7, 11) is 3.03. The summed E-state index contributed by atoms with van der Waals surface area (Å²) in [5.41, 5.74) is 0.988. The van der Waals surface area contributed by atoms with Crippen molar-refractivity contribution in [3.05, 3.63) is 52.6 Å². The van der Waals surface area contributed by atoms with Gasteiger partial charge < -0.3 is 19.2 Å². The summed E-state index contributed by atoms with van der Waals surface area (Å²) in [4.78, 5) is 22.5. The van der Waals surface area contributed by atoms with Crippen molar-refractivity contribution in [3.8, 4) is 23.0 Å². The molecule has 0 saturated carbocycles. The molecule has 0 fully saturated rings. The van der Waals surface area contributed by atoms with Crippen molar-refractivity contribution in [2.24, 2.45) is 0 Å². The molecular weight excluding hydrogens is 400 g/mol. The molecular formula is C18H16N4O6S. The number of amides is 1. The van der Waals surface area contributed by atoms with Crippen LogP contribution in [0.15, 0.2) is 52.1 Å². The quantitative estimate of drug-likeness (QED) is 0.333. The van der Waals surface area contributed by atoms with E-state index in [-0.39, 0.29) is 28.5 Å². The van der Waals surface area contributed by atoms with E-state index in [1.165, 1.54) is 38.5 Å². The Morgan fingerprint density at radius 3 is 2.59 bits per heavy atom. The number of carbonyl (C=O) groups is 1. The number of nitrogens with zero attached hydrogens (tertiary/aromatic N) is 3. The number of non-ortho nitro benzene ring substituents is 1. The number of hydrogen-bond donors (Lipinski definition) is 1. The number of carbonyl (C=O) groups excluding carboxylic acids is 1. The third-order valence-electron chi connectivity index (χ3n) is 3.74. The molecule has 0 radical (unpaired) electrons. The molecule has 2 aromatic carbocycles. The molecule has 0 aliphatic heterocycles. The van der Waals surface area contributed by atoms with Gasteiger partial charge in [0.05, 0.1) is 30.6 Å². The van der Waals surface area contributed by atoms with Gasteiger partial charge in [0.1, 0.15) is 11.5 Å². The van der Waals surface area contributed by atoms with E-state index in [9.17, 15) is 14.9 Å². The van der Waals surface area contributed by atoms with Gasteiger partial charge in [-0.3, -0.25) is 14.9 Å². The van der Waals surface area contributed by atoms with E-state index in [1.807, 2.05) is 0 Å². The number of nitro groups is 1. The largest absolute Gasteiger partial charge is 0.497 e. The second kappa shape index (κ2) is 9.06. The summed E-state index contributed by atoms with van der Waals surface area (Å²) in [5.74, 6) is 1.03. The molecule has 0 bridgehead atoms. The Morgan fingerprint density at radius 1 is 1.17 bits per heavy atom. The second-order valence-corrected chi connectivity index (χ2v) is 6.51. The number of nitrogens with one attached hydrogen (secondary N) is 1. The van der Waals surface area contributed by atoms with Crippen molar-refractivity contribution >= 4 is 29.0 Å². The van der Waals surface area contributed by atoms with E-state index in [4.69, 9.17) is 13.9 Å². The number of methoxy groups -OCH3 is 2. The fraction of sp³-hybridized carbons (Fsp3) is 0.167. The van der Waals surface area contributed by atoms with Gasteiger partial charge in [0.2, 0.25) is 11.8 Å². The predicted molar refractivity (Wildman–Crippen MR) is 105 cm³/mol. The number of nitro benzene ring substituents is 1. The van der Waals surface area contributed by atoms with E-state index >= 15 is 0 Å². The highest BCUT2D eigenvalue weighted by Gasteiger charge is 2.14. The van der Waals surface area contributed by atoms with Gasteiger partial charge in [-0.1, -0.05) is 11.8 Å². The Morgan fingerprint density at radius 2 is 1.93 bits per heavy atom. The fourth-order valence-corrected chi connectivity index (χ4v) is 2.90. The monoisotopic (exact) mass is 416 g/mol. The lowest BCUT2D eigenvalue weighted by Gasteiger charge is -2.11. The molecule has 1 heterocycles. The molecule has 10 nitrogen and oxygen atoms in total. The lowest BCUT2D eigenvalue weighted by molar-refractivity contribution is -0.384. The van der Waals surface area contributed by atoms with E-state index in [1.54, 1.807) is 18.2 Å². The maximum atomic E-state index is 12.2. The van der Waals surface area contributed by atoms with Crippen LogP contribution in [-0.4, -0.2) is 41.0 Å². The highest BCUT2D eigenvalue weighted by Crippen LogP contribution is 2.29. The lowest BCUT2D eigenvalue weighted by atomic mass is 10.2. The number of hydrogen-bond acceptors (Lipinski definition) is 9. The lowest BCUT2D eigenvalue weighted by Crippen LogP contribution is -2.14. The third kappa shape index (κ3) is 5.02. The number of thioether (sulfide) groups is 1. The minimum absolute atomic E-state index is 0.0300. The second-order valence-electron chi connectivity index (χ2n) is 5.58. The molecule has 3 aromatic rings. The summed E-state index contributed by atoms with van der Waals surface area (Å²) in [6.45, 7) is 0. The van der Waals surface area contributed by atoms with Crippen LogP contribution in [0.3, 0.4) is 0 Å².